The van der Waals surface area contributed by atoms with Gasteiger partial charge in [-0.1, -0.05) is 41.9 Å². The topological polar surface area (TPSA) is 50.2 Å². The van der Waals surface area contributed by atoms with Crippen LogP contribution in [0, 0.1) is 0 Å². The predicted octanol–water partition coefficient (Wildman–Crippen LogP) is 3.48. The molecule has 0 radical (unpaired) electrons. The van der Waals surface area contributed by atoms with Crippen molar-refractivity contribution in [1.82, 2.24) is 4.98 Å². The van der Waals surface area contributed by atoms with E-state index >= 15 is 0 Å². The summed E-state index contributed by atoms with van der Waals surface area (Å²) in [5.74, 6) is -0.823. The van der Waals surface area contributed by atoms with E-state index in [2.05, 4.69) is 4.98 Å². The van der Waals surface area contributed by atoms with Crippen LogP contribution < -0.4 is 0 Å². The number of hydrogen-bond acceptors (Lipinski definition) is 3. The molecule has 0 spiro atoms. The quantitative estimate of drug-likeness (QED) is 0.923. The Balaban J connectivity index is 2.22. The minimum Gasteiger partial charge on any atom is -0.481 e. The van der Waals surface area contributed by atoms with Crippen LogP contribution >= 0.6 is 22.9 Å². The Morgan fingerprint density at radius 1 is 1.35 bits per heavy atom. The molecule has 0 aliphatic heterocycles. The van der Waals surface area contributed by atoms with Gasteiger partial charge in [0.1, 0.15) is 10.2 Å². The summed E-state index contributed by atoms with van der Waals surface area (Å²) < 4.78 is 0. The summed E-state index contributed by atoms with van der Waals surface area (Å²) in [6, 6.07) is 9.71. The monoisotopic (exact) mass is 267 g/mol. The van der Waals surface area contributed by atoms with Gasteiger partial charge >= 0.3 is 5.97 Å². The summed E-state index contributed by atoms with van der Waals surface area (Å²) in [6.45, 7) is 0. The summed E-state index contributed by atoms with van der Waals surface area (Å²) in [7, 11) is 0. The van der Waals surface area contributed by atoms with E-state index in [1.165, 1.54) is 11.3 Å². The number of hydrogen-bond donors (Lipinski definition) is 1. The second-order valence-corrected chi connectivity index (χ2v) is 4.93. The molecule has 1 aromatic heterocycles. The second-order valence-electron chi connectivity index (χ2n) is 3.49. The van der Waals surface area contributed by atoms with E-state index in [0.29, 0.717) is 11.6 Å². The van der Waals surface area contributed by atoms with Gasteiger partial charge in [0.15, 0.2) is 0 Å². The van der Waals surface area contributed by atoms with Crippen molar-refractivity contribution in [1.29, 1.82) is 0 Å². The summed E-state index contributed by atoms with van der Waals surface area (Å²) in [5.41, 5.74) is 1.00. The largest absolute Gasteiger partial charge is 0.481 e. The third kappa shape index (κ3) is 3.05. The van der Waals surface area contributed by atoms with Crippen LogP contribution in [0.5, 0.6) is 0 Å². The Morgan fingerprint density at radius 3 is 2.71 bits per heavy atom. The molecule has 0 amide bonds. The molecule has 0 saturated heterocycles. The van der Waals surface area contributed by atoms with Crippen LogP contribution in [0.3, 0.4) is 0 Å². The number of carboxylic acid groups (broad SMARTS) is 1. The first-order valence-electron chi connectivity index (χ1n) is 5.09. The standard InChI is InChI=1S/C12H10ClNO2S/c13-11-9(6-7-10(15)16)17-12(14-11)8-4-2-1-3-5-8/h1-5H,6-7H2,(H,15,16). The molecule has 0 bridgehead atoms. The van der Waals surface area contributed by atoms with Crippen molar-refractivity contribution in [3.8, 4) is 10.6 Å². The Kier molecular flexibility index (Phi) is 3.76. The molecular formula is C12H10ClNO2S. The molecule has 88 valence electrons. The lowest BCUT2D eigenvalue weighted by atomic mass is 10.2. The van der Waals surface area contributed by atoms with E-state index in [1.54, 1.807) is 0 Å². The molecule has 5 heteroatoms. The van der Waals surface area contributed by atoms with Gasteiger partial charge in [0.05, 0.1) is 6.42 Å². The van der Waals surface area contributed by atoms with Crippen molar-refractivity contribution in [2.75, 3.05) is 0 Å². The molecule has 0 unspecified atom stereocenters. The van der Waals surface area contributed by atoms with E-state index in [4.69, 9.17) is 16.7 Å². The fourth-order valence-electron chi connectivity index (χ4n) is 1.41. The van der Waals surface area contributed by atoms with Crippen molar-refractivity contribution in [2.45, 2.75) is 12.8 Å². The maximum absolute atomic E-state index is 10.5. The number of carboxylic acids is 1. The number of nitrogens with zero attached hydrogens (tertiary/aromatic N) is 1. The molecule has 0 atom stereocenters. The van der Waals surface area contributed by atoms with Crippen LogP contribution in [0.2, 0.25) is 5.15 Å². The van der Waals surface area contributed by atoms with E-state index in [9.17, 15) is 4.79 Å². The van der Waals surface area contributed by atoms with Gasteiger partial charge in [-0.05, 0) is 6.42 Å². The number of thiazole rings is 1. The van der Waals surface area contributed by atoms with Crippen molar-refractivity contribution < 1.29 is 9.90 Å². The van der Waals surface area contributed by atoms with Crippen molar-refractivity contribution in [3.63, 3.8) is 0 Å². The lowest BCUT2D eigenvalue weighted by Gasteiger charge is -1.93. The number of halogens is 1. The molecule has 1 N–H and O–H groups in total. The number of carbonyl (C=O) groups is 1. The summed E-state index contributed by atoms with van der Waals surface area (Å²) in [6.07, 6.45) is 0.509. The summed E-state index contributed by atoms with van der Waals surface area (Å²) in [5, 5.41) is 9.87. The average molecular weight is 268 g/mol. The molecular weight excluding hydrogens is 258 g/mol. The molecule has 0 saturated carbocycles. The van der Waals surface area contributed by atoms with E-state index in [1.807, 2.05) is 30.3 Å². The maximum Gasteiger partial charge on any atom is 0.303 e. The number of benzene rings is 1. The lowest BCUT2D eigenvalue weighted by Crippen LogP contribution is -1.96. The highest BCUT2D eigenvalue weighted by Gasteiger charge is 2.11. The lowest BCUT2D eigenvalue weighted by molar-refractivity contribution is -0.136. The van der Waals surface area contributed by atoms with Crippen LogP contribution in [-0.2, 0) is 11.2 Å². The molecule has 2 rings (SSSR count). The minimum atomic E-state index is -0.823. The average Bonchev–Trinajstić information content (AvgIpc) is 2.69. The predicted molar refractivity (Wildman–Crippen MR) is 68.5 cm³/mol. The third-order valence-corrected chi connectivity index (χ3v) is 3.83. The molecule has 0 aliphatic rings. The van der Waals surface area contributed by atoms with Gasteiger partial charge < -0.3 is 5.11 Å². The van der Waals surface area contributed by atoms with Crippen molar-refractivity contribution in [3.05, 3.63) is 40.4 Å². The Hall–Kier alpha value is -1.39. The van der Waals surface area contributed by atoms with Gasteiger partial charge in [0.25, 0.3) is 0 Å². The Bertz CT molecular complexity index is 525. The molecule has 3 nitrogen and oxygen atoms in total. The highest BCUT2D eigenvalue weighted by atomic mass is 35.5. The van der Waals surface area contributed by atoms with Crippen LogP contribution in [0.25, 0.3) is 10.6 Å². The summed E-state index contributed by atoms with van der Waals surface area (Å²) >= 11 is 7.43. The van der Waals surface area contributed by atoms with Crippen LogP contribution in [-0.4, -0.2) is 16.1 Å². The highest BCUT2D eigenvalue weighted by Crippen LogP contribution is 2.31. The minimum absolute atomic E-state index is 0.0795. The fourth-order valence-corrected chi connectivity index (χ4v) is 2.72. The smallest absolute Gasteiger partial charge is 0.303 e. The van der Waals surface area contributed by atoms with E-state index in [-0.39, 0.29) is 6.42 Å². The molecule has 0 aliphatic carbocycles. The molecule has 1 heterocycles. The number of aliphatic carboxylic acids is 1. The summed E-state index contributed by atoms with van der Waals surface area (Å²) in [4.78, 5) is 15.6. The molecule has 1 aromatic carbocycles. The van der Waals surface area contributed by atoms with Gasteiger partial charge in [-0.25, -0.2) is 4.98 Å². The molecule has 2 aromatic rings. The molecule has 17 heavy (non-hydrogen) atoms. The van der Waals surface area contributed by atoms with Crippen molar-refractivity contribution >= 4 is 28.9 Å². The fraction of sp³-hybridized carbons (Fsp3) is 0.167. The van der Waals surface area contributed by atoms with Gasteiger partial charge in [0.2, 0.25) is 0 Å². The van der Waals surface area contributed by atoms with E-state index in [0.717, 1.165) is 15.4 Å². The maximum atomic E-state index is 10.5. The third-order valence-electron chi connectivity index (χ3n) is 2.24. The zero-order valence-electron chi connectivity index (χ0n) is 8.89. The van der Waals surface area contributed by atoms with Crippen molar-refractivity contribution in [2.24, 2.45) is 0 Å². The highest BCUT2D eigenvalue weighted by molar-refractivity contribution is 7.15. The van der Waals surface area contributed by atoms with Crippen LogP contribution in [0.15, 0.2) is 30.3 Å². The van der Waals surface area contributed by atoms with Gasteiger partial charge in [-0.3, -0.25) is 4.79 Å². The number of aromatic nitrogens is 1. The Morgan fingerprint density at radius 2 is 2.06 bits per heavy atom. The zero-order chi connectivity index (χ0) is 12.3. The van der Waals surface area contributed by atoms with Gasteiger partial charge in [-0.2, -0.15) is 0 Å². The first-order chi connectivity index (χ1) is 8.16. The van der Waals surface area contributed by atoms with Gasteiger partial charge in [0, 0.05) is 10.4 Å². The number of rotatable bonds is 4. The first-order valence-corrected chi connectivity index (χ1v) is 6.28. The normalized spacial score (nSPS) is 10.4. The number of aryl methyl sites for hydroxylation is 1. The molecule has 0 fully saturated rings. The second kappa shape index (κ2) is 5.29. The van der Waals surface area contributed by atoms with Gasteiger partial charge in [-0.15, -0.1) is 11.3 Å². The van der Waals surface area contributed by atoms with E-state index < -0.39 is 5.97 Å². The zero-order valence-corrected chi connectivity index (χ0v) is 10.5. The first kappa shape index (κ1) is 12.1. The Labute approximate surface area is 108 Å². The van der Waals surface area contributed by atoms with Crippen LogP contribution in [0.1, 0.15) is 11.3 Å². The van der Waals surface area contributed by atoms with Crippen LogP contribution in [0.4, 0.5) is 0 Å². The SMILES string of the molecule is O=C(O)CCc1sc(-c2ccccc2)nc1Cl.